The zero-order valence-electron chi connectivity index (χ0n) is 10.4. The summed E-state index contributed by atoms with van der Waals surface area (Å²) in [6.07, 6.45) is 2.33. The monoisotopic (exact) mass is 232 g/mol. The van der Waals surface area contributed by atoms with Gasteiger partial charge in [0.2, 0.25) is 0 Å². The molecule has 3 heteroatoms. The summed E-state index contributed by atoms with van der Waals surface area (Å²) in [4.78, 5) is 22.5. The molecular weight excluding hydrogens is 216 g/mol. The van der Waals surface area contributed by atoms with E-state index in [0.717, 1.165) is 5.56 Å². The lowest BCUT2D eigenvalue weighted by molar-refractivity contribution is -0.132. The van der Waals surface area contributed by atoms with E-state index in [4.69, 9.17) is 4.74 Å². The topological polar surface area (TPSA) is 43.4 Å². The second-order valence-electron chi connectivity index (χ2n) is 3.87. The highest BCUT2D eigenvalue weighted by molar-refractivity contribution is 5.96. The number of hydrogen-bond acceptors (Lipinski definition) is 3. The number of rotatable bonds is 4. The number of benzene rings is 1. The van der Waals surface area contributed by atoms with Gasteiger partial charge >= 0.3 is 5.97 Å². The summed E-state index contributed by atoms with van der Waals surface area (Å²) >= 11 is 0. The summed E-state index contributed by atoms with van der Waals surface area (Å²) < 4.78 is 5.18. The predicted octanol–water partition coefficient (Wildman–Crippen LogP) is 2.85. The maximum atomic E-state index is 11.4. The molecule has 0 bridgehead atoms. The first-order chi connectivity index (χ1) is 7.97. The van der Waals surface area contributed by atoms with E-state index in [-0.39, 0.29) is 11.8 Å². The lowest BCUT2D eigenvalue weighted by Gasteiger charge is -2.13. The molecule has 0 aliphatic heterocycles. The molecular formula is C14H16O3. The minimum Gasteiger partial charge on any atom is -0.426 e. The average molecular weight is 232 g/mol. The van der Waals surface area contributed by atoms with Crippen LogP contribution in [-0.4, -0.2) is 11.8 Å². The van der Waals surface area contributed by atoms with Gasteiger partial charge in [-0.1, -0.05) is 18.2 Å². The maximum Gasteiger partial charge on any atom is 0.308 e. The van der Waals surface area contributed by atoms with Gasteiger partial charge in [-0.25, -0.2) is 0 Å². The fourth-order valence-corrected chi connectivity index (χ4v) is 1.73. The van der Waals surface area contributed by atoms with Gasteiger partial charge in [-0.15, -0.1) is 6.58 Å². The van der Waals surface area contributed by atoms with Gasteiger partial charge in [0.15, 0.2) is 5.78 Å². The van der Waals surface area contributed by atoms with Crippen molar-refractivity contribution in [2.24, 2.45) is 0 Å². The van der Waals surface area contributed by atoms with E-state index >= 15 is 0 Å². The van der Waals surface area contributed by atoms with Gasteiger partial charge in [-0.2, -0.15) is 0 Å². The molecule has 0 aliphatic rings. The molecule has 0 unspecified atom stereocenters. The van der Waals surface area contributed by atoms with Gasteiger partial charge in [0.25, 0.3) is 0 Å². The van der Waals surface area contributed by atoms with Crippen LogP contribution in [0.3, 0.4) is 0 Å². The Morgan fingerprint density at radius 3 is 2.47 bits per heavy atom. The van der Waals surface area contributed by atoms with Gasteiger partial charge in [-0.3, -0.25) is 9.59 Å². The van der Waals surface area contributed by atoms with Crippen molar-refractivity contribution in [1.29, 1.82) is 0 Å². The molecule has 0 saturated carbocycles. The standard InChI is InChI=1S/C14H16O3/c1-5-6-12-7-8-13(10(3)15)9(2)14(12)17-11(4)16/h5,7-8H,1,6H2,2-4H3. The molecule has 0 aromatic heterocycles. The van der Waals surface area contributed by atoms with Crippen LogP contribution in [0.4, 0.5) is 0 Å². The quantitative estimate of drug-likeness (QED) is 0.347. The van der Waals surface area contributed by atoms with E-state index in [9.17, 15) is 9.59 Å². The highest BCUT2D eigenvalue weighted by Gasteiger charge is 2.14. The van der Waals surface area contributed by atoms with Gasteiger partial charge < -0.3 is 4.74 Å². The molecule has 0 heterocycles. The van der Waals surface area contributed by atoms with Gasteiger partial charge in [-0.05, 0) is 25.8 Å². The molecule has 3 nitrogen and oxygen atoms in total. The Morgan fingerprint density at radius 2 is 2.00 bits per heavy atom. The smallest absolute Gasteiger partial charge is 0.308 e. The molecule has 90 valence electrons. The third-order valence-corrected chi connectivity index (χ3v) is 2.48. The average Bonchev–Trinajstić information content (AvgIpc) is 2.22. The lowest BCUT2D eigenvalue weighted by atomic mass is 9.99. The summed E-state index contributed by atoms with van der Waals surface area (Å²) in [5.74, 6) is 0.0465. The van der Waals surface area contributed by atoms with Crippen LogP contribution in [0, 0.1) is 6.92 Å². The number of Topliss-reactive ketones (excluding diaryl/α,β-unsaturated/α-hetero) is 1. The summed E-state index contributed by atoms with van der Waals surface area (Å²) in [5.41, 5.74) is 2.14. The molecule has 1 aromatic carbocycles. The highest BCUT2D eigenvalue weighted by Crippen LogP contribution is 2.28. The first-order valence-electron chi connectivity index (χ1n) is 5.40. The fourth-order valence-electron chi connectivity index (χ4n) is 1.73. The molecule has 0 amide bonds. The van der Waals surface area contributed by atoms with E-state index in [1.165, 1.54) is 13.8 Å². The van der Waals surface area contributed by atoms with Gasteiger partial charge in [0, 0.05) is 18.1 Å². The minimum atomic E-state index is -0.390. The summed E-state index contributed by atoms with van der Waals surface area (Å²) in [5, 5.41) is 0. The SMILES string of the molecule is C=CCc1ccc(C(C)=O)c(C)c1OC(C)=O. The Labute approximate surface area is 101 Å². The van der Waals surface area contributed by atoms with Crippen LogP contribution in [0.5, 0.6) is 5.75 Å². The Morgan fingerprint density at radius 1 is 1.35 bits per heavy atom. The Bertz CT molecular complexity index is 473. The second-order valence-corrected chi connectivity index (χ2v) is 3.87. The molecule has 0 spiro atoms. The number of ketones is 1. The fraction of sp³-hybridized carbons (Fsp3) is 0.286. The molecule has 17 heavy (non-hydrogen) atoms. The zero-order chi connectivity index (χ0) is 13.0. The molecule has 0 atom stereocenters. The highest BCUT2D eigenvalue weighted by atomic mass is 16.5. The molecule has 0 aliphatic carbocycles. The van der Waals surface area contributed by atoms with E-state index < -0.39 is 0 Å². The molecule has 0 saturated heterocycles. The summed E-state index contributed by atoms with van der Waals surface area (Å²) in [7, 11) is 0. The van der Waals surface area contributed by atoms with Crippen LogP contribution in [0.15, 0.2) is 24.8 Å². The van der Waals surface area contributed by atoms with Crippen molar-refractivity contribution >= 4 is 11.8 Å². The largest absolute Gasteiger partial charge is 0.426 e. The van der Waals surface area contributed by atoms with Crippen molar-refractivity contribution in [1.82, 2.24) is 0 Å². The molecule has 0 radical (unpaired) electrons. The van der Waals surface area contributed by atoms with Crippen LogP contribution in [0.2, 0.25) is 0 Å². The van der Waals surface area contributed by atoms with Crippen LogP contribution >= 0.6 is 0 Å². The number of allylic oxidation sites excluding steroid dienone is 1. The van der Waals surface area contributed by atoms with Crippen molar-refractivity contribution in [2.75, 3.05) is 0 Å². The third-order valence-electron chi connectivity index (χ3n) is 2.48. The van der Waals surface area contributed by atoms with E-state index in [2.05, 4.69) is 6.58 Å². The van der Waals surface area contributed by atoms with Crippen molar-refractivity contribution in [3.8, 4) is 5.75 Å². The normalized spacial score (nSPS) is 9.82. The Hall–Kier alpha value is -1.90. The maximum absolute atomic E-state index is 11.4. The first kappa shape index (κ1) is 13.2. The van der Waals surface area contributed by atoms with E-state index in [1.54, 1.807) is 25.1 Å². The summed E-state index contributed by atoms with van der Waals surface area (Å²) in [6, 6.07) is 3.55. The van der Waals surface area contributed by atoms with Crippen LogP contribution < -0.4 is 4.74 Å². The van der Waals surface area contributed by atoms with Crippen LogP contribution in [0.25, 0.3) is 0 Å². The van der Waals surface area contributed by atoms with Gasteiger partial charge in [0.05, 0.1) is 0 Å². The molecule has 0 fully saturated rings. The molecule has 0 N–H and O–H groups in total. The lowest BCUT2D eigenvalue weighted by Crippen LogP contribution is -2.08. The summed E-state index contributed by atoms with van der Waals surface area (Å²) in [6.45, 7) is 8.27. The van der Waals surface area contributed by atoms with Crippen molar-refractivity contribution in [3.63, 3.8) is 0 Å². The van der Waals surface area contributed by atoms with E-state index in [1.807, 2.05) is 0 Å². The first-order valence-corrected chi connectivity index (χ1v) is 5.40. The van der Waals surface area contributed by atoms with Crippen LogP contribution in [0.1, 0.15) is 35.3 Å². The van der Waals surface area contributed by atoms with Crippen molar-refractivity contribution in [2.45, 2.75) is 27.2 Å². The molecule has 1 aromatic rings. The van der Waals surface area contributed by atoms with Gasteiger partial charge in [0.1, 0.15) is 5.75 Å². The number of esters is 1. The number of carbonyl (C=O) groups is 2. The molecule has 1 rings (SSSR count). The van der Waals surface area contributed by atoms with Crippen molar-refractivity contribution in [3.05, 3.63) is 41.5 Å². The Kier molecular flexibility index (Phi) is 4.21. The Balaban J connectivity index is 3.35. The minimum absolute atomic E-state index is 0.0407. The second kappa shape index (κ2) is 5.43. The van der Waals surface area contributed by atoms with Crippen molar-refractivity contribution < 1.29 is 14.3 Å². The number of ether oxygens (including phenoxy) is 1. The van der Waals surface area contributed by atoms with Crippen LogP contribution in [-0.2, 0) is 11.2 Å². The third kappa shape index (κ3) is 3.03. The predicted molar refractivity (Wildman–Crippen MR) is 66.4 cm³/mol. The number of carbonyl (C=O) groups excluding carboxylic acids is 2. The number of hydrogen-bond donors (Lipinski definition) is 0. The zero-order valence-corrected chi connectivity index (χ0v) is 10.4. The van der Waals surface area contributed by atoms with E-state index in [0.29, 0.717) is 23.3 Å².